The lowest BCUT2D eigenvalue weighted by molar-refractivity contribution is -0.0496. The molecule has 0 bridgehead atoms. The molecule has 2 heteroatoms. The highest BCUT2D eigenvalue weighted by Gasteiger charge is 2.15. The highest BCUT2D eigenvalue weighted by Crippen LogP contribution is 2.32. The highest BCUT2D eigenvalue weighted by atomic mass is 16.7. The average molecular weight is 393 g/mol. The molecule has 0 radical (unpaired) electrons. The Labute approximate surface area is 176 Å². The topological polar surface area (TPSA) is 18.5 Å². The van der Waals surface area contributed by atoms with Gasteiger partial charge in [0.2, 0.25) is 0 Å². The fourth-order valence-electron chi connectivity index (χ4n) is 4.86. The van der Waals surface area contributed by atoms with Crippen molar-refractivity contribution >= 4 is 0 Å². The van der Waals surface area contributed by atoms with Crippen LogP contribution in [0.25, 0.3) is 0 Å². The zero-order valence-corrected chi connectivity index (χ0v) is 17.8. The zero-order chi connectivity index (χ0) is 19.7. The van der Waals surface area contributed by atoms with Crippen LogP contribution in [0.15, 0.2) is 48.5 Å². The molecule has 156 valence electrons. The van der Waals surface area contributed by atoms with Crippen molar-refractivity contribution in [2.24, 2.45) is 0 Å². The van der Waals surface area contributed by atoms with Crippen molar-refractivity contribution in [3.05, 3.63) is 65.2 Å². The molecule has 29 heavy (non-hydrogen) atoms. The number of aryl methyl sites for hydroxylation is 2. The Bertz CT molecular complexity index is 707. The molecular weight excluding hydrogens is 356 g/mol. The summed E-state index contributed by atoms with van der Waals surface area (Å²) in [5.74, 6) is 1.70. The highest BCUT2D eigenvalue weighted by molar-refractivity contribution is 5.29. The van der Waals surface area contributed by atoms with Crippen LogP contribution in [0, 0.1) is 0 Å². The third kappa shape index (κ3) is 6.34. The van der Waals surface area contributed by atoms with Gasteiger partial charge in [-0.05, 0) is 73.3 Å². The average Bonchev–Trinajstić information content (AvgIpc) is 2.80. The van der Waals surface area contributed by atoms with Gasteiger partial charge in [-0.1, -0.05) is 74.9 Å². The van der Waals surface area contributed by atoms with Crippen LogP contribution >= 0.6 is 0 Å². The Kier molecular flexibility index (Phi) is 7.64. The normalized spacial score (nSPS) is 18.6. The maximum absolute atomic E-state index is 5.85. The van der Waals surface area contributed by atoms with Gasteiger partial charge in [0.05, 0.1) is 6.10 Å². The van der Waals surface area contributed by atoms with Gasteiger partial charge in [-0.2, -0.15) is 0 Å². The van der Waals surface area contributed by atoms with E-state index in [1.807, 2.05) is 0 Å². The van der Waals surface area contributed by atoms with E-state index in [0.29, 0.717) is 12.9 Å². The minimum Gasteiger partial charge on any atom is -0.468 e. The van der Waals surface area contributed by atoms with E-state index in [-0.39, 0.29) is 0 Å². The summed E-state index contributed by atoms with van der Waals surface area (Å²) in [5.41, 5.74) is 4.35. The molecule has 2 nitrogen and oxygen atoms in total. The number of hydrogen-bond acceptors (Lipinski definition) is 2. The molecule has 2 fully saturated rings. The van der Waals surface area contributed by atoms with Gasteiger partial charge >= 0.3 is 0 Å². The molecule has 2 aliphatic rings. The third-order valence-corrected chi connectivity index (χ3v) is 6.76. The van der Waals surface area contributed by atoms with Gasteiger partial charge in [-0.3, -0.25) is 0 Å². The molecule has 2 saturated carbocycles. The van der Waals surface area contributed by atoms with E-state index in [1.54, 1.807) is 5.56 Å². The number of rotatable bonds is 8. The maximum Gasteiger partial charge on any atom is 0.189 e. The smallest absolute Gasteiger partial charge is 0.189 e. The van der Waals surface area contributed by atoms with E-state index in [1.165, 1.54) is 75.3 Å². The van der Waals surface area contributed by atoms with Gasteiger partial charge in [0.25, 0.3) is 0 Å². The summed E-state index contributed by atoms with van der Waals surface area (Å²) in [6.07, 6.45) is 15.8. The molecule has 0 saturated heterocycles. The van der Waals surface area contributed by atoms with Crippen LogP contribution in [-0.2, 0) is 17.6 Å². The first-order valence-corrected chi connectivity index (χ1v) is 11.8. The second-order valence-electron chi connectivity index (χ2n) is 8.91. The van der Waals surface area contributed by atoms with Crippen molar-refractivity contribution in [1.29, 1.82) is 0 Å². The molecule has 0 aromatic heterocycles. The van der Waals surface area contributed by atoms with Crippen LogP contribution in [0.5, 0.6) is 5.75 Å². The van der Waals surface area contributed by atoms with E-state index in [9.17, 15) is 0 Å². The van der Waals surface area contributed by atoms with Crippen LogP contribution in [-0.4, -0.2) is 12.9 Å². The van der Waals surface area contributed by atoms with Gasteiger partial charge in [-0.15, -0.1) is 0 Å². The summed E-state index contributed by atoms with van der Waals surface area (Å²) in [7, 11) is 0. The predicted molar refractivity (Wildman–Crippen MR) is 120 cm³/mol. The minimum atomic E-state index is 0.372. The van der Waals surface area contributed by atoms with Crippen LogP contribution in [0.4, 0.5) is 0 Å². The Hall–Kier alpha value is -1.80. The summed E-state index contributed by atoms with van der Waals surface area (Å²) in [4.78, 5) is 0. The molecule has 2 aliphatic carbocycles. The van der Waals surface area contributed by atoms with E-state index in [0.717, 1.165) is 24.5 Å². The summed E-state index contributed by atoms with van der Waals surface area (Å²) in [6.45, 7) is 0.372. The molecule has 0 aliphatic heterocycles. The Morgan fingerprint density at radius 3 is 1.79 bits per heavy atom. The molecule has 2 aromatic carbocycles. The summed E-state index contributed by atoms with van der Waals surface area (Å²) >= 11 is 0. The zero-order valence-electron chi connectivity index (χ0n) is 17.8. The lowest BCUT2D eigenvalue weighted by atomic mass is 9.84. The van der Waals surface area contributed by atoms with Crippen LogP contribution in [0.2, 0.25) is 0 Å². The SMILES string of the molecule is c1cc(OCOC2CCCCC2)ccc1CCc1ccc(C2CCCCC2)cc1. The molecule has 0 N–H and O–H groups in total. The van der Waals surface area contributed by atoms with Gasteiger partial charge in [0.1, 0.15) is 5.75 Å². The fourth-order valence-corrected chi connectivity index (χ4v) is 4.86. The first kappa shape index (κ1) is 20.5. The minimum absolute atomic E-state index is 0.372. The quantitative estimate of drug-likeness (QED) is 0.442. The predicted octanol–water partition coefficient (Wildman–Crippen LogP) is 7.21. The molecule has 0 heterocycles. The van der Waals surface area contributed by atoms with Crippen molar-refractivity contribution in [3.63, 3.8) is 0 Å². The molecule has 0 spiro atoms. The van der Waals surface area contributed by atoms with Crippen molar-refractivity contribution in [2.75, 3.05) is 6.79 Å². The van der Waals surface area contributed by atoms with Crippen molar-refractivity contribution in [2.45, 2.75) is 89.1 Å². The number of hydrogen-bond donors (Lipinski definition) is 0. The van der Waals surface area contributed by atoms with Crippen molar-refractivity contribution < 1.29 is 9.47 Å². The maximum atomic E-state index is 5.85. The molecule has 4 rings (SSSR count). The van der Waals surface area contributed by atoms with Crippen LogP contribution in [0.3, 0.4) is 0 Å². The van der Waals surface area contributed by atoms with Gasteiger partial charge in [-0.25, -0.2) is 0 Å². The summed E-state index contributed by atoms with van der Waals surface area (Å²) < 4.78 is 11.6. The van der Waals surface area contributed by atoms with Crippen LogP contribution in [0.1, 0.15) is 86.8 Å². The largest absolute Gasteiger partial charge is 0.468 e. The van der Waals surface area contributed by atoms with Gasteiger partial charge in [0, 0.05) is 0 Å². The first-order chi connectivity index (χ1) is 14.4. The summed E-state index contributed by atoms with van der Waals surface area (Å²) in [6, 6.07) is 17.9. The Morgan fingerprint density at radius 1 is 0.621 bits per heavy atom. The summed E-state index contributed by atoms with van der Waals surface area (Å²) in [5, 5.41) is 0. The van der Waals surface area contributed by atoms with Crippen molar-refractivity contribution in [1.82, 2.24) is 0 Å². The first-order valence-electron chi connectivity index (χ1n) is 11.8. The second-order valence-corrected chi connectivity index (χ2v) is 8.91. The molecule has 0 atom stereocenters. The lowest BCUT2D eigenvalue weighted by Crippen LogP contribution is -2.19. The van der Waals surface area contributed by atoms with Crippen LogP contribution < -0.4 is 4.74 Å². The molecule has 0 amide bonds. The van der Waals surface area contributed by atoms with E-state index in [4.69, 9.17) is 9.47 Å². The number of ether oxygens (including phenoxy) is 2. The monoisotopic (exact) mass is 392 g/mol. The standard InChI is InChI=1S/C27H36O2/c1-3-7-24(8-4-1)25-17-13-22(14-18-25)11-12-23-15-19-27(20-16-23)29-21-28-26-9-5-2-6-10-26/h13-20,24,26H,1-12,21H2. The van der Waals surface area contributed by atoms with Gasteiger partial charge < -0.3 is 9.47 Å². The van der Waals surface area contributed by atoms with E-state index in [2.05, 4.69) is 48.5 Å². The molecule has 0 unspecified atom stereocenters. The van der Waals surface area contributed by atoms with Gasteiger partial charge in [0.15, 0.2) is 6.79 Å². The van der Waals surface area contributed by atoms with E-state index >= 15 is 0 Å². The number of benzene rings is 2. The lowest BCUT2D eigenvalue weighted by Gasteiger charge is -2.22. The Balaban J connectivity index is 1.19. The van der Waals surface area contributed by atoms with Crippen molar-refractivity contribution in [3.8, 4) is 5.75 Å². The third-order valence-electron chi connectivity index (χ3n) is 6.76. The fraction of sp³-hybridized carbons (Fsp3) is 0.556. The van der Waals surface area contributed by atoms with E-state index < -0.39 is 0 Å². The second kappa shape index (κ2) is 10.8. The molecular formula is C27H36O2. The molecule has 2 aromatic rings. The Morgan fingerprint density at radius 2 is 1.17 bits per heavy atom.